The summed E-state index contributed by atoms with van der Waals surface area (Å²) in [6.45, 7) is 5.74. The highest BCUT2D eigenvalue weighted by Gasteiger charge is 2.24. The Morgan fingerprint density at radius 1 is 1.17 bits per heavy atom. The summed E-state index contributed by atoms with van der Waals surface area (Å²) < 4.78 is 5.47. The molecular formula is C27H32N6O3. The summed E-state index contributed by atoms with van der Waals surface area (Å²) in [4.78, 5) is 25.2. The molecule has 9 nitrogen and oxygen atoms in total. The van der Waals surface area contributed by atoms with Crippen molar-refractivity contribution in [3.05, 3.63) is 53.1 Å². The number of carbonyl (C=O) groups is 1. The number of amidine groups is 1. The monoisotopic (exact) mass is 488 g/mol. The van der Waals surface area contributed by atoms with Crippen LogP contribution in [0.4, 0.5) is 11.4 Å². The topological polar surface area (TPSA) is 105 Å². The Hall–Kier alpha value is -3.56. The lowest BCUT2D eigenvalue weighted by Gasteiger charge is -2.30. The van der Waals surface area contributed by atoms with Crippen LogP contribution >= 0.6 is 0 Å². The van der Waals surface area contributed by atoms with Crippen molar-refractivity contribution in [2.45, 2.75) is 25.4 Å². The molecule has 6 rings (SSSR count). The minimum absolute atomic E-state index is 0.0381. The van der Waals surface area contributed by atoms with Gasteiger partial charge in [-0.05, 0) is 62.3 Å². The van der Waals surface area contributed by atoms with E-state index in [2.05, 4.69) is 50.7 Å². The minimum Gasteiger partial charge on any atom is -0.494 e. The van der Waals surface area contributed by atoms with Gasteiger partial charge in [0.05, 0.1) is 25.3 Å². The van der Waals surface area contributed by atoms with Crippen molar-refractivity contribution in [3.63, 3.8) is 0 Å². The number of nitrogens with zero attached hydrogens (tertiary/aromatic N) is 3. The van der Waals surface area contributed by atoms with Gasteiger partial charge in [0.25, 0.3) is 5.91 Å². The molecule has 1 atom stereocenters. The van der Waals surface area contributed by atoms with Crippen LogP contribution in [0.2, 0.25) is 0 Å². The van der Waals surface area contributed by atoms with E-state index in [0.29, 0.717) is 29.0 Å². The zero-order chi connectivity index (χ0) is 24.6. The summed E-state index contributed by atoms with van der Waals surface area (Å²) in [5.74, 6) is 0.565. The standard InChI is InChI=1S/C27H32N6O3/c1-32-8-2-3-19(16-32)29-26(34)17-4-6-21-23(14-17)31-27(35)24(21)25-28-15-18-13-20(5-7-22(18)30-25)33-9-11-36-12-10-33/h4-7,13-14,19,31,35H,2-3,8-12,15-16H2,1H3,(H,28,30)(H,29,34)/t19-/m0/s1. The Kier molecular flexibility index (Phi) is 6.02. The molecule has 3 aliphatic heterocycles. The Bertz CT molecular complexity index is 1330. The third-order valence-electron chi connectivity index (χ3n) is 7.36. The minimum atomic E-state index is -0.0917. The molecule has 0 unspecified atom stereocenters. The van der Waals surface area contributed by atoms with Gasteiger partial charge in [-0.1, -0.05) is 6.07 Å². The van der Waals surface area contributed by atoms with Crippen molar-refractivity contribution in [2.75, 3.05) is 56.7 Å². The number of rotatable bonds is 4. The lowest BCUT2D eigenvalue weighted by molar-refractivity contribution is 0.0912. The number of ether oxygens (including phenoxy) is 1. The summed E-state index contributed by atoms with van der Waals surface area (Å²) in [5.41, 5.74) is 5.18. The Labute approximate surface area is 210 Å². The number of anilines is 2. The van der Waals surface area contributed by atoms with Gasteiger partial charge in [0.1, 0.15) is 5.84 Å². The van der Waals surface area contributed by atoms with Crippen molar-refractivity contribution in [3.8, 4) is 5.88 Å². The van der Waals surface area contributed by atoms with Crippen molar-refractivity contribution >= 4 is 34.0 Å². The highest BCUT2D eigenvalue weighted by molar-refractivity contribution is 6.19. The number of nitrogens with one attached hydrogen (secondary N) is 3. The predicted molar refractivity (Wildman–Crippen MR) is 141 cm³/mol. The maximum atomic E-state index is 12.9. The molecule has 3 aliphatic rings. The van der Waals surface area contributed by atoms with E-state index in [4.69, 9.17) is 9.73 Å². The molecule has 1 amide bonds. The summed E-state index contributed by atoms with van der Waals surface area (Å²) >= 11 is 0. The predicted octanol–water partition coefficient (Wildman–Crippen LogP) is 2.91. The van der Waals surface area contributed by atoms with Crippen molar-refractivity contribution in [2.24, 2.45) is 4.99 Å². The first-order valence-corrected chi connectivity index (χ1v) is 12.7. The number of fused-ring (bicyclic) bond motifs is 2. The first-order chi connectivity index (χ1) is 17.5. The molecule has 188 valence electrons. The van der Waals surface area contributed by atoms with Crippen molar-refractivity contribution in [1.29, 1.82) is 0 Å². The number of aromatic hydroxyl groups is 1. The average molecular weight is 489 g/mol. The zero-order valence-electron chi connectivity index (χ0n) is 20.5. The van der Waals surface area contributed by atoms with Gasteiger partial charge in [0.15, 0.2) is 0 Å². The van der Waals surface area contributed by atoms with Gasteiger partial charge in [0, 0.05) is 53.5 Å². The second kappa shape index (κ2) is 9.48. The molecule has 4 N–H and O–H groups in total. The van der Waals surface area contributed by atoms with Gasteiger partial charge in [-0.3, -0.25) is 9.79 Å². The van der Waals surface area contributed by atoms with Crippen LogP contribution in [0.1, 0.15) is 34.3 Å². The number of likely N-dealkylation sites (tertiary alicyclic amines) is 1. The summed E-state index contributed by atoms with van der Waals surface area (Å²) in [6, 6.07) is 12.0. The van der Waals surface area contributed by atoms with Crippen molar-refractivity contribution < 1.29 is 14.6 Å². The number of hydrogen-bond donors (Lipinski definition) is 4. The van der Waals surface area contributed by atoms with Crippen molar-refractivity contribution in [1.82, 2.24) is 15.2 Å². The van der Waals surface area contributed by atoms with Crippen LogP contribution in [-0.4, -0.2) is 79.2 Å². The van der Waals surface area contributed by atoms with E-state index >= 15 is 0 Å². The third-order valence-corrected chi connectivity index (χ3v) is 7.36. The Morgan fingerprint density at radius 3 is 2.86 bits per heavy atom. The molecule has 0 spiro atoms. The molecule has 2 aromatic carbocycles. The van der Waals surface area contributed by atoms with E-state index in [1.54, 1.807) is 6.07 Å². The van der Waals surface area contributed by atoms with Gasteiger partial charge in [0.2, 0.25) is 5.88 Å². The van der Waals surface area contributed by atoms with Gasteiger partial charge < -0.3 is 35.3 Å². The van der Waals surface area contributed by atoms with E-state index in [9.17, 15) is 9.90 Å². The number of aromatic nitrogens is 1. The zero-order valence-corrected chi connectivity index (χ0v) is 20.5. The fourth-order valence-electron chi connectivity index (χ4n) is 5.44. The summed E-state index contributed by atoms with van der Waals surface area (Å²) in [7, 11) is 2.08. The number of piperidine rings is 1. The number of aliphatic imine (C=N–C) groups is 1. The number of hydrogen-bond acceptors (Lipinski definition) is 7. The lowest BCUT2D eigenvalue weighted by Crippen LogP contribution is -2.46. The van der Waals surface area contributed by atoms with E-state index in [1.807, 2.05) is 12.1 Å². The Morgan fingerprint density at radius 2 is 2.03 bits per heavy atom. The van der Waals surface area contributed by atoms with Crippen LogP contribution in [-0.2, 0) is 11.3 Å². The van der Waals surface area contributed by atoms with E-state index in [0.717, 1.165) is 68.9 Å². The Balaban J connectivity index is 1.21. The third kappa shape index (κ3) is 4.40. The molecule has 36 heavy (non-hydrogen) atoms. The number of likely N-dealkylation sites (N-methyl/N-ethyl adjacent to an activating group) is 1. The number of aromatic amines is 1. The van der Waals surface area contributed by atoms with Crippen LogP contribution in [0.5, 0.6) is 5.88 Å². The van der Waals surface area contributed by atoms with Gasteiger partial charge in [-0.15, -0.1) is 0 Å². The first kappa shape index (κ1) is 22.9. The highest BCUT2D eigenvalue weighted by atomic mass is 16.5. The van der Waals surface area contributed by atoms with Gasteiger partial charge in [-0.2, -0.15) is 0 Å². The molecule has 2 fully saturated rings. The maximum absolute atomic E-state index is 12.9. The molecular weight excluding hydrogens is 456 g/mol. The highest BCUT2D eigenvalue weighted by Crippen LogP contribution is 2.33. The van der Waals surface area contributed by atoms with Crippen LogP contribution in [0.3, 0.4) is 0 Å². The largest absolute Gasteiger partial charge is 0.494 e. The number of morpholine rings is 1. The van der Waals surface area contributed by atoms with E-state index in [-0.39, 0.29) is 17.8 Å². The molecule has 3 aromatic rings. The van der Waals surface area contributed by atoms with Crippen LogP contribution in [0.15, 0.2) is 41.4 Å². The van der Waals surface area contributed by atoms with E-state index < -0.39 is 0 Å². The number of amides is 1. The maximum Gasteiger partial charge on any atom is 0.251 e. The van der Waals surface area contributed by atoms with Crippen LogP contribution in [0.25, 0.3) is 10.9 Å². The fraction of sp³-hybridized carbons (Fsp3) is 0.407. The summed E-state index contributed by atoms with van der Waals surface area (Å²) in [5, 5.41) is 18.1. The number of H-pyrrole nitrogens is 1. The van der Waals surface area contributed by atoms with E-state index in [1.165, 1.54) is 5.69 Å². The number of benzene rings is 2. The van der Waals surface area contributed by atoms with Crippen LogP contribution in [0, 0.1) is 0 Å². The molecule has 1 aromatic heterocycles. The van der Waals surface area contributed by atoms with Gasteiger partial charge >= 0.3 is 0 Å². The van der Waals surface area contributed by atoms with Gasteiger partial charge in [-0.25, -0.2) is 0 Å². The lowest BCUT2D eigenvalue weighted by atomic mass is 10.0. The first-order valence-electron chi connectivity index (χ1n) is 12.7. The number of carbonyl (C=O) groups excluding carboxylic acids is 1. The molecule has 0 bridgehead atoms. The molecule has 0 saturated carbocycles. The second-order valence-electron chi connectivity index (χ2n) is 9.91. The molecule has 0 aliphatic carbocycles. The smallest absolute Gasteiger partial charge is 0.251 e. The molecule has 2 saturated heterocycles. The normalized spacial score (nSPS) is 20.5. The SMILES string of the molecule is CN1CCC[C@H](NC(=O)c2ccc3c(C4=NCc5cc(N6CCOCC6)ccc5N4)c(O)[nH]c3c2)C1. The molecule has 0 radical (unpaired) electrons. The fourth-order valence-corrected chi connectivity index (χ4v) is 5.44. The molecule has 4 heterocycles. The molecule has 9 heteroatoms. The average Bonchev–Trinajstić information content (AvgIpc) is 3.23. The second-order valence-corrected chi connectivity index (χ2v) is 9.91. The summed E-state index contributed by atoms with van der Waals surface area (Å²) in [6.07, 6.45) is 2.08. The quantitative estimate of drug-likeness (QED) is 0.450. The van der Waals surface area contributed by atoms with Crippen LogP contribution < -0.4 is 15.5 Å².